The van der Waals surface area contributed by atoms with Gasteiger partial charge in [-0.15, -0.1) is 0 Å². The number of carbonyl (C=O) groups is 1. The van der Waals surface area contributed by atoms with Crippen molar-refractivity contribution in [3.8, 4) is 0 Å². The number of benzene rings is 3. The molecule has 0 spiro atoms. The van der Waals surface area contributed by atoms with Crippen molar-refractivity contribution in [3.63, 3.8) is 0 Å². The number of anilines is 1. The summed E-state index contributed by atoms with van der Waals surface area (Å²) in [5.74, 6) is -0.215. The first-order valence-corrected chi connectivity index (χ1v) is 9.43. The smallest absolute Gasteiger partial charge is 0.341 e. The van der Waals surface area contributed by atoms with Crippen LogP contribution in [0.4, 0.5) is 18.9 Å². The normalized spacial score (nSPS) is 11.6. The summed E-state index contributed by atoms with van der Waals surface area (Å²) in [6.07, 6.45) is -2.54. The molecule has 0 bridgehead atoms. The topological polar surface area (TPSA) is 34.0 Å². The molecule has 152 valence electrons. The van der Waals surface area contributed by atoms with Crippen LogP contribution in [0.2, 0.25) is 0 Å². The molecule has 1 heterocycles. The van der Waals surface area contributed by atoms with Crippen molar-refractivity contribution in [3.05, 3.63) is 101 Å². The second kappa shape index (κ2) is 7.71. The molecule has 0 atom stereocenters. The lowest BCUT2D eigenvalue weighted by Crippen LogP contribution is -2.11. The third kappa shape index (κ3) is 4.08. The standard InChI is InChI=1S/C24H19F3N2O/c1-16-6-10-18(11-7-16)23(30)28-21-15-29(22-5-3-2-4-20(21)22)14-17-8-12-19(13-9-17)24(25,26)27/h2-13,15H,14H2,1H3,(H,28,30). The van der Waals surface area contributed by atoms with E-state index in [1.165, 1.54) is 12.1 Å². The van der Waals surface area contributed by atoms with Gasteiger partial charge in [-0.25, -0.2) is 0 Å². The first-order valence-electron chi connectivity index (χ1n) is 9.43. The van der Waals surface area contributed by atoms with Gasteiger partial charge in [-0.05, 0) is 42.8 Å². The fourth-order valence-corrected chi connectivity index (χ4v) is 3.37. The summed E-state index contributed by atoms with van der Waals surface area (Å²) in [5, 5.41) is 3.81. The van der Waals surface area contributed by atoms with Gasteiger partial charge >= 0.3 is 6.18 Å². The number of amides is 1. The van der Waals surface area contributed by atoms with Gasteiger partial charge in [0.15, 0.2) is 0 Å². The summed E-state index contributed by atoms with van der Waals surface area (Å²) in [5.41, 5.74) is 3.23. The van der Waals surface area contributed by atoms with Crippen molar-refractivity contribution >= 4 is 22.5 Å². The molecule has 1 N–H and O–H groups in total. The largest absolute Gasteiger partial charge is 0.416 e. The van der Waals surface area contributed by atoms with E-state index >= 15 is 0 Å². The second-order valence-electron chi connectivity index (χ2n) is 7.20. The highest BCUT2D eigenvalue weighted by atomic mass is 19.4. The molecule has 0 aliphatic heterocycles. The van der Waals surface area contributed by atoms with Crippen molar-refractivity contribution < 1.29 is 18.0 Å². The van der Waals surface area contributed by atoms with Crippen LogP contribution in [-0.2, 0) is 12.7 Å². The van der Waals surface area contributed by atoms with E-state index in [-0.39, 0.29) is 5.91 Å². The molecule has 1 aromatic heterocycles. The molecule has 1 amide bonds. The van der Waals surface area contributed by atoms with Crippen molar-refractivity contribution in [2.24, 2.45) is 0 Å². The van der Waals surface area contributed by atoms with Gasteiger partial charge in [0.25, 0.3) is 5.91 Å². The molecule has 0 saturated heterocycles. The van der Waals surface area contributed by atoms with Gasteiger partial charge in [-0.1, -0.05) is 48.0 Å². The van der Waals surface area contributed by atoms with E-state index in [1.54, 1.807) is 12.1 Å². The molecule has 0 radical (unpaired) electrons. The Bertz CT molecular complexity index is 1190. The Morgan fingerprint density at radius 3 is 2.27 bits per heavy atom. The van der Waals surface area contributed by atoms with Crippen molar-refractivity contribution in [1.82, 2.24) is 4.57 Å². The number of aromatic nitrogens is 1. The van der Waals surface area contributed by atoms with Crippen LogP contribution in [0.5, 0.6) is 0 Å². The molecule has 30 heavy (non-hydrogen) atoms. The molecule has 0 fully saturated rings. The Morgan fingerprint density at radius 2 is 1.60 bits per heavy atom. The van der Waals surface area contributed by atoms with Crippen LogP contribution < -0.4 is 5.32 Å². The van der Waals surface area contributed by atoms with Gasteiger partial charge < -0.3 is 9.88 Å². The van der Waals surface area contributed by atoms with Crippen molar-refractivity contribution in [1.29, 1.82) is 0 Å². The van der Waals surface area contributed by atoms with Gasteiger partial charge in [0.2, 0.25) is 0 Å². The SMILES string of the molecule is Cc1ccc(C(=O)Nc2cn(Cc3ccc(C(F)(F)F)cc3)c3ccccc23)cc1. The molecule has 4 aromatic rings. The lowest BCUT2D eigenvalue weighted by molar-refractivity contribution is -0.137. The highest BCUT2D eigenvalue weighted by Gasteiger charge is 2.29. The number of nitrogens with one attached hydrogen (secondary N) is 1. The van der Waals surface area contributed by atoms with Crippen LogP contribution in [0.3, 0.4) is 0 Å². The first-order chi connectivity index (χ1) is 14.3. The summed E-state index contributed by atoms with van der Waals surface area (Å²) in [4.78, 5) is 12.6. The zero-order valence-electron chi connectivity index (χ0n) is 16.2. The molecule has 6 heteroatoms. The average molecular weight is 408 g/mol. The monoisotopic (exact) mass is 408 g/mol. The molecule has 0 aliphatic rings. The molecule has 0 saturated carbocycles. The van der Waals surface area contributed by atoms with Gasteiger partial charge in [0, 0.05) is 23.7 Å². The van der Waals surface area contributed by atoms with Gasteiger partial charge in [-0.2, -0.15) is 13.2 Å². The van der Waals surface area contributed by atoms with Gasteiger partial charge in [0.05, 0.1) is 16.8 Å². The number of alkyl halides is 3. The van der Waals surface area contributed by atoms with E-state index in [4.69, 9.17) is 0 Å². The van der Waals surface area contributed by atoms with Gasteiger partial charge in [-0.3, -0.25) is 4.79 Å². The predicted molar refractivity (Wildman–Crippen MR) is 112 cm³/mol. The Morgan fingerprint density at radius 1 is 0.933 bits per heavy atom. The van der Waals surface area contributed by atoms with E-state index in [9.17, 15) is 18.0 Å². The van der Waals surface area contributed by atoms with Crippen molar-refractivity contribution in [2.45, 2.75) is 19.6 Å². The molecule has 3 nitrogen and oxygen atoms in total. The minimum absolute atomic E-state index is 0.215. The van der Waals surface area contributed by atoms with Crippen LogP contribution in [0, 0.1) is 6.92 Å². The summed E-state index contributed by atoms with van der Waals surface area (Å²) in [6, 6.07) is 20.0. The zero-order valence-corrected chi connectivity index (χ0v) is 16.2. The van der Waals surface area contributed by atoms with E-state index in [0.29, 0.717) is 17.8 Å². The fourth-order valence-electron chi connectivity index (χ4n) is 3.37. The van der Waals surface area contributed by atoms with Crippen LogP contribution in [0.15, 0.2) is 79.0 Å². The third-order valence-corrected chi connectivity index (χ3v) is 4.98. The van der Waals surface area contributed by atoms with E-state index in [1.807, 2.05) is 54.1 Å². The molecule has 4 rings (SSSR count). The highest BCUT2D eigenvalue weighted by Crippen LogP contribution is 2.30. The molecular formula is C24H19F3N2O. The van der Waals surface area contributed by atoms with Gasteiger partial charge in [0.1, 0.15) is 0 Å². The zero-order chi connectivity index (χ0) is 21.3. The van der Waals surface area contributed by atoms with Crippen LogP contribution in [0.1, 0.15) is 27.0 Å². The number of aryl methyl sites for hydroxylation is 1. The Hall–Kier alpha value is -3.54. The summed E-state index contributed by atoms with van der Waals surface area (Å²) in [6.45, 7) is 2.34. The summed E-state index contributed by atoms with van der Waals surface area (Å²) in [7, 11) is 0. The lowest BCUT2D eigenvalue weighted by atomic mass is 10.1. The molecular weight excluding hydrogens is 389 g/mol. The first kappa shape index (κ1) is 19.8. The maximum Gasteiger partial charge on any atom is 0.416 e. The number of fused-ring (bicyclic) bond motifs is 1. The van der Waals surface area contributed by atoms with E-state index in [2.05, 4.69) is 5.32 Å². The Labute approximate surface area is 171 Å². The number of nitrogens with zero attached hydrogens (tertiary/aromatic N) is 1. The minimum atomic E-state index is -4.36. The minimum Gasteiger partial charge on any atom is -0.341 e. The summed E-state index contributed by atoms with van der Waals surface area (Å²) < 4.78 is 40.3. The predicted octanol–water partition coefficient (Wildman–Crippen LogP) is 6.27. The fraction of sp³-hybridized carbons (Fsp3) is 0.125. The van der Waals surface area contributed by atoms with Crippen LogP contribution in [0.25, 0.3) is 10.9 Å². The molecule has 0 aliphatic carbocycles. The lowest BCUT2D eigenvalue weighted by Gasteiger charge is -2.09. The highest BCUT2D eigenvalue weighted by molar-refractivity contribution is 6.09. The third-order valence-electron chi connectivity index (χ3n) is 4.98. The van der Waals surface area contributed by atoms with Crippen LogP contribution in [-0.4, -0.2) is 10.5 Å². The average Bonchev–Trinajstić information content (AvgIpc) is 3.05. The maximum absolute atomic E-state index is 12.8. The number of hydrogen-bond donors (Lipinski definition) is 1. The van der Waals surface area contributed by atoms with Crippen LogP contribution >= 0.6 is 0 Å². The number of carbonyl (C=O) groups excluding carboxylic acids is 1. The van der Waals surface area contributed by atoms with E-state index in [0.717, 1.165) is 34.2 Å². The van der Waals surface area contributed by atoms with E-state index < -0.39 is 11.7 Å². The summed E-state index contributed by atoms with van der Waals surface area (Å²) >= 11 is 0. The number of hydrogen-bond acceptors (Lipinski definition) is 1. The second-order valence-corrected chi connectivity index (χ2v) is 7.20. The Kier molecular flexibility index (Phi) is 5.08. The Balaban J connectivity index is 1.62. The number of halogens is 3. The maximum atomic E-state index is 12.8. The van der Waals surface area contributed by atoms with Crippen molar-refractivity contribution in [2.75, 3.05) is 5.32 Å². The molecule has 3 aromatic carbocycles. The molecule has 0 unspecified atom stereocenters. The quantitative estimate of drug-likeness (QED) is 0.424. The number of rotatable bonds is 4. The number of para-hydroxylation sites is 1.